The van der Waals surface area contributed by atoms with Gasteiger partial charge in [0.1, 0.15) is 5.82 Å². The second-order valence-corrected chi connectivity index (χ2v) is 5.91. The molecule has 3 aromatic rings. The second-order valence-electron chi connectivity index (χ2n) is 5.91. The van der Waals surface area contributed by atoms with E-state index >= 15 is 0 Å². The Morgan fingerprint density at radius 1 is 1.08 bits per heavy atom. The standard InChI is InChI=1S/C19H26N6/c1-3-20-19(21-10-14-24-12-6-7-13-24)22-11-15-25-16(2)23-17-8-4-5-9-18(17)25/h4-9,12-13H,3,10-11,14-15H2,1-2H3,(H2,20,21,22). The number of nitrogens with one attached hydrogen (secondary N) is 2. The first-order valence-electron chi connectivity index (χ1n) is 8.82. The molecule has 0 aliphatic heterocycles. The molecule has 2 aromatic heterocycles. The predicted octanol–water partition coefficient (Wildman–Crippen LogP) is 2.40. The van der Waals surface area contributed by atoms with Crippen molar-refractivity contribution in [3.05, 3.63) is 54.6 Å². The molecule has 0 aliphatic carbocycles. The number of imidazole rings is 1. The van der Waals surface area contributed by atoms with E-state index < -0.39 is 0 Å². The second kappa shape index (κ2) is 8.37. The number of aliphatic imine (C=N–C) groups is 1. The lowest BCUT2D eigenvalue weighted by atomic mass is 10.3. The molecule has 1 aromatic carbocycles. The Morgan fingerprint density at radius 2 is 1.88 bits per heavy atom. The van der Waals surface area contributed by atoms with Crippen LogP contribution in [-0.4, -0.2) is 39.7 Å². The van der Waals surface area contributed by atoms with Crippen molar-refractivity contribution in [1.29, 1.82) is 0 Å². The van der Waals surface area contributed by atoms with E-state index in [9.17, 15) is 0 Å². The maximum absolute atomic E-state index is 4.69. The summed E-state index contributed by atoms with van der Waals surface area (Å²) in [5.41, 5.74) is 2.21. The zero-order valence-electron chi connectivity index (χ0n) is 14.9. The molecule has 0 aliphatic rings. The van der Waals surface area contributed by atoms with Gasteiger partial charge in [0.2, 0.25) is 0 Å². The summed E-state index contributed by atoms with van der Waals surface area (Å²) in [4.78, 5) is 9.30. The summed E-state index contributed by atoms with van der Waals surface area (Å²) in [7, 11) is 0. The van der Waals surface area contributed by atoms with E-state index in [1.165, 1.54) is 5.52 Å². The van der Waals surface area contributed by atoms with Crippen LogP contribution in [0.4, 0.5) is 0 Å². The number of hydrogen-bond donors (Lipinski definition) is 2. The minimum atomic E-state index is 0.708. The van der Waals surface area contributed by atoms with Crippen molar-refractivity contribution in [3.63, 3.8) is 0 Å². The first-order valence-corrected chi connectivity index (χ1v) is 8.82. The Labute approximate surface area is 148 Å². The van der Waals surface area contributed by atoms with Crippen LogP contribution >= 0.6 is 0 Å². The SMILES string of the molecule is CCNC(=NCCn1c(C)nc2ccccc21)NCCn1cccc1. The minimum absolute atomic E-state index is 0.708. The molecule has 25 heavy (non-hydrogen) atoms. The van der Waals surface area contributed by atoms with Crippen LogP contribution in [0.3, 0.4) is 0 Å². The number of guanidine groups is 1. The molecule has 3 rings (SSSR count). The Kier molecular flexibility index (Phi) is 5.72. The molecule has 0 radical (unpaired) electrons. The summed E-state index contributed by atoms with van der Waals surface area (Å²) in [6.07, 6.45) is 4.14. The van der Waals surface area contributed by atoms with Gasteiger partial charge >= 0.3 is 0 Å². The van der Waals surface area contributed by atoms with Crippen LogP contribution in [-0.2, 0) is 13.1 Å². The minimum Gasteiger partial charge on any atom is -0.357 e. The molecular weight excluding hydrogens is 312 g/mol. The van der Waals surface area contributed by atoms with Gasteiger partial charge in [-0.3, -0.25) is 4.99 Å². The van der Waals surface area contributed by atoms with Crippen LogP contribution in [0.25, 0.3) is 11.0 Å². The average Bonchev–Trinajstić information content (AvgIpc) is 3.23. The topological polar surface area (TPSA) is 59.2 Å². The summed E-state index contributed by atoms with van der Waals surface area (Å²) in [6.45, 7) is 8.26. The summed E-state index contributed by atoms with van der Waals surface area (Å²) < 4.78 is 4.37. The Morgan fingerprint density at radius 3 is 2.68 bits per heavy atom. The van der Waals surface area contributed by atoms with E-state index in [1.54, 1.807) is 0 Å². The average molecular weight is 338 g/mol. The number of aromatic nitrogens is 3. The molecule has 6 heteroatoms. The van der Waals surface area contributed by atoms with Crippen LogP contribution < -0.4 is 10.6 Å². The van der Waals surface area contributed by atoms with Gasteiger partial charge in [0.05, 0.1) is 17.6 Å². The van der Waals surface area contributed by atoms with Crippen molar-refractivity contribution in [1.82, 2.24) is 24.8 Å². The van der Waals surface area contributed by atoms with Crippen molar-refractivity contribution in [3.8, 4) is 0 Å². The normalized spacial score (nSPS) is 11.8. The highest BCUT2D eigenvalue weighted by molar-refractivity contribution is 5.79. The van der Waals surface area contributed by atoms with E-state index in [2.05, 4.69) is 62.3 Å². The molecule has 0 saturated heterocycles. The fraction of sp³-hybridized carbons (Fsp3) is 0.368. The van der Waals surface area contributed by atoms with Crippen molar-refractivity contribution >= 4 is 17.0 Å². The molecule has 0 unspecified atom stereocenters. The molecule has 0 atom stereocenters. The molecular formula is C19H26N6. The van der Waals surface area contributed by atoms with Gasteiger partial charge in [0, 0.05) is 38.6 Å². The lowest BCUT2D eigenvalue weighted by molar-refractivity contribution is 0.658. The molecule has 0 fully saturated rings. The monoisotopic (exact) mass is 338 g/mol. The number of benzene rings is 1. The number of para-hydroxylation sites is 2. The van der Waals surface area contributed by atoms with E-state index in [1.807, 2.05) is 25.1 Å². The highest BCUT2D eigenvalue weighted by Crippen LogP contribution is 2.14. The van der Waals surface area contributed by atoms with Gasteiger partial charge in [0.25, 0.3) is 0 Å². The van der Waals surface area contributed by atoms with Crippen LogP contribution in [0.5, 0.6) is 0 Å². The third-order valence-electron chi connectivity index (χ3n) is 4.11. The lowest BCUT2D eigenvalue weighted by Crippen LogP contribution is -2.39. The van der Waals surface area contributed by atoms with E-state index in [4.69, 9.17) is 4.99 Å². The maximum atomic E-state index is 4.69. The number of nitrogens with zero attached hydrogens (tertiary/aromatic N) is 4. The maximum Gasteiger partial charge on any atom is 0.191 e. The fourth-order valence-electron chi connectivity index (χ4n) is 2.90. The quantitative estimate of drug-likeness (QED) is 0.514. The number of aryl methyl sites for hydroxylation is 1. The largest absolute Gasteiger partial charge is 0.357 e. The van der Waals surface area contributed by atoms with Crippen LogP contribution in [0, 0.1) is 6.92 Å². The zero-order chi connectivity index (χ0) is 17.5. The highest BCUT2D eigenvalue weighted by atomic mass is 15.2. The van der Waals surface area contributed by atoms with Gasteiger partial charge in [-0.15, -0.1) is 0 Å². The molecule has 0 saturated carbocycles. The molecule has 0 spiro atoms. The van der Waals surface area contributed by atoms with Crippen molar-refractivity contribution < 1.29 is 0 Å². The van der Waals surface area contributed by atoms with Gasteiger partial charge in [-0.1, -0.05) is 12.1 Å². The lowest BCUT2D eigenvalue weighted by Gasteiger charge is -2.12. The Hall–Kier alpha value is -2.76. The molecule has 0 amide bonds. The molecule has 2 heterocycles. The molecule has 2 N–H and O–H groups in total. The third-order valence-corrected chi connectivity index (χ3v) is 4.11. The van der Waals surface area contributed by atoms with Gasteiger partial charge in [-0.25, -0.2) is 4.98 Å². The summed E-state index contributed by atoms with van der Waals surface area (Å²) in [5.74, 6) is 1.89. The van der Waals surface area contributed by atoms with Crippen LogP contribution in [0.15, 0.2) is 53.8 Å². The zero-order valence-corrected chi connectivity index (χ0v) is 14.9. The van der Waals surface area contributed by atoms with E-state index in [-0.39, 0.29) is 0 Å². The van der Waals surface area contributed by atoms with Crippen LogP contribution in [0.1, 0.15) is 12.7 Å². The van der Waals surface area contributed by atoms with Crippen LogP contribution in [0.2, 0.25) is 0 Å². The Balaban J connectivity index is 1.58. The van der Waals surface area contributed by atoms with Gasteiger partial charge in [-0.05, 0) is 38.1 Å². The predicted molar refractivity (Wildman–Crippen MR) is 103 cm³/mol. The highest BCUT2D eigenvalue weighted by Gasteiger charge is 2.06. The summed E-state index contributed by atoms with van der Waals surface area (Å²) in [6, 6.07) is 12.3. The van der Waals surface area contributed by atoms with Gasteiger partial charge < -0.3 is 19.8 Å². The van der Waals surface area contributed by atoms with E-state index in [0.29, 0.717) is 6.54 Å². The van der Waals surface area contributed by atoms with E-state index in [0.717, 1.165) is 43.5 Å². The van der Waals surface area contributed by atoms with Gasteiger partial charge in [0.15, 0.2) is 5.96 Å². The third kappa shape index (κ3) is 4.41. The first kappa shape index (κ1) is 17.1. The number of fused-ring (bicyclic) bond motifs is 1. The number of hydrogen-bond acceptors (Lipinski definition) is 2. The number of rotatable bonds is 7. The van der Waals surface area contributed by atoms with Gasteiger partial charge in [-0.2, -0.15) is 0 Å². The molecule has 6 nitrogen and oxygen atoms in total. The van der Waals surface area contributed by atoms with Crippen molar-refractivity contribution in [2.75, 3.05) is 19.6 Å². The fourth-order valence-corrected chi connectivity index (χ4v) is 2.90. The molecule has 132 valence electrons. The summed E-state index contributed by atoms with van der Waals surface area (Å²) in [5, 5.41) is 6.68. The Bertz CT molecular complexity index is 816. The smallest absolute Gasteiger partial charge is 0.191 e. The summed E-state index contributed by atoms with van der Waals surface area (Å²) >= 11 is 0. The van der Waals surface area contributed by atoms with Crippen molar-refractivity contribution in [2.45, 2.75) is 26.9 Å². The molecule has 0 bridgehead atoms. The van der Waals surface area contributed by atoms with Crippen molar-refractivity contribution in [2.24, 2.45) is 4.99 Å². The first-order chi connectivity index (χ1) is 12.3.